The molecule has 0 atom stereocenters. The summed E-state index contributed by atoms with van der Waals surface area (Å²) in [6.45, 7) is 2.75. The zero-order valence-electron chi connectivity index (χ0n) is 10.8. The van der Waals surface area contributed by atoms with Crippen molar-refractivity contribution in [2.75, 3.05) is 13.1 Å². The van der Waals surface area contributed by atoms with Gasteiger partial charge in [0.05, 0.1) is 11.6 Å². The monoisotopic (exact) mass is 259 g/mol. The molecule has 0 radical (unpaired) electrons. The van der Waals surface area contributed by atoms with E-state index in [1.165, 1.54) is 37.7 Å². The number of piperidine rings is 1. The van der Waals surface area contributed by atoms with Crippen LogP contribution in [0.25, 0.3) is 11.0 Å². The van der Waals surface area contributed by atoms with Crippen molar-refractivity contribution in [3.63, 3.8) is 0 Å². The molecule has 1 aromatic carbocycles. The average Bonchev–Trinajstić information content (AvgIpc) is 2.43. The van der Waals surface area contributed by atoms with E-state index in [4.69, 9.17) is 4.42 Å². The van der Waals surface area contributed by atoms with Gasteiger partial charge < -0.3 is 9.52 Å². The summed E-state index contributed by atoms with van der Waals surface area (Å²) < 4.78 is 5.46. The minimum atomic E-state index is 0.00632. The van der Waals surface area contributed by atoms with Crippen LogP contribution in [0.15, 0.2) is 33.7 Å². The number of benzene rings is 1. The number of nitrogens with zero attached hydrogens (tertiary/aromatic N) is 1. The van der Waals surface area contributed by atoms with Crippen LogP contribution in [-0.4, -0.2) is 23.1 Å². The smallest absolute Gasteiger partial charge is 0.197 e. The minimum absolute atomic E-state index is 0.00632. The molecule has 0 saturated carbocycles. The molecule has 4 nitrogen and oxygen atoms in total. The van der Waals surface area contributed by atoms with Crippen LogP contribution in [0.3, 0.4) is 0 Å². The molecule has 3 rings (SSSR count). The van der Waals surface area contributed by atoms with Gasteiger partial charge in [-0.3, -0.25) is 9.69 Å². The molecular weight excluding hydrogens is 242 g/mol. The number of phenolic OH excluding ortho intramolecular Hbond substituents is 1. The number of rotatable bonds is 2. The fraction of sp³-hybridized carbons (Fsp3) is 0.400. The van der Waals surface area contributed by atoms with Crippen LogP contribution >= 0.6 is 0 Å². The Morgan fingerprint density at radius 3 is 2.79 bits per heavy atom. The molecule has 1 saturated heterocycles. The molecule has 4 heteroatoms. The largest absolute Gasteiger partial charge is 0.508 e. The molecule has 100 valence electrons. The average molecular weight is 259 g/mol. The number of likely N-dealkylation sites (tertiary alicyclic amines) is 1. The maximum Gasteiger partial charge on any atom is 0.197 e. The van der Waals surface area contributed by atoms with E-state index in [2.05, 4.69) is 4.90 Å². The third-order valence-electron chi connectivity index (χ3n) is 3.67. The van der Waals surface area contributed by atoms with Crippen molar-refractivity contribution < 1.29 is 9.52 Å². The lowest BCUT2D eigenvalue weighted by Gasteiger charge is -2.25. The Bertz CT molecular complexity index is 641. The first kappa shape index (κ1) is 12.2. The molecule has 0 unspecified atom stereocenters. The lowest BCUT2D eigenvalue weighted by atomic mass is 10.1. The van der Waals surface area contributed by atoms with E-state index in [-0.39, 0.29) is 11.2 Å². The summed E-state index contributed by atoms with van der Waals surface area (Å²) in [4.78, 5) is 14.6. The second kappa shape index (κ2) is 5.05. The van der Waals surface area contributed by atoms with Crippen molar-refractivity contribution in [1.29, 1.82) is 0 Å². The summed E-state index contributed by atoms with van der Waals surface area (Å²) in [5.41, 5.74) is 1.14. The van der Waals surface area contributed by atoms with Gasteiger partial charge in [-0.2, -0.15) is 0 Å². The highest BCUT2D eigenvalue weighted by Gasteiger charge is 2.14. The fourth-order valence-electron chi connectivity index (χ4n) is 2.62. The second-order valence-corrected chi connectivity index (χ2v) is 5.11. The van der Waals surface area contributed by atoms with E-state index in [0.717, 1.165) is 13.1 Å². The molecule has 1 aliphatic heterocycles. The maximum absolute atomic E-state index is 12.3. The van der Waals surface area contributed by atoms with E-state index in [1.54, 1.807) is 6.07 Å². The predicted molar refractivity (Wildman–Crippen MR) is 73.3 cm³/mol. The van der Waals surface area contributed by atoms with Crippen LogP contribution in [0, 0.1) is 0 Å². The van der Waals surface area contributed by atoms with Crippen molar-refractivity contribution in [2.24, 2.45) is 0 Å². The Kier molecular flexibility index (Phi) is 3.25. The normalized spacial score (nSPS) is 16.8. The lowest BCUT2D eigenvalue weighted by molar-refractivity contribution is 0.219. The van der Waals surface area contributed by atoms with Gasteiger partial charge >= 0.3 is 0 Å². The van der Waals surface area contributed by atoms with Gasteiger partial charge in [0.2, 0.25) is 0 Å². The summed E-state index contributed by atoms with van der Waals surface area (Å²) in [5.74, 6) is 0.111. The summed E-state index contributed by atoms with van der Waals surface area (Å²) in [5, 5.41) is 9.92. The summed E-state index contributed by atoms with van der Waals surface area (Å²) >= 11 is 0. The van der Waals surface area contributed by atoms with Crippen molar-refractivity contribution in [1.82, 2.24) is 4.90 Å². The van der Waals surface area contributed by atoms with Gasteiger partial charge in [0.1, 0.15) is 11.3 Å². The van der Waals surface area contributed by atoms with Crippen molar-refractivity contribution in [2.45, 2.75) is 25.8 Å². The summed E-state index contributed by atoms with van der Waals surface area (Å²) in [6.07, 6.45) is 5.21. The Hall–Kier alpha value is -1.81. The molecule has 2 heterocycles. The molecule has 1 N–H and O–H groups in total. The third kappa shape index (κ3) is 2.49. The molecule has 19 heavy (non-hydrogen) atoms. The standard InChI is InChI=1S/C15H17NO3/c17-12-4-5-13-14(8-12)19-10-11(15(13)18)9-16-6-2-1-3-7-16/h4-5,8,10,17H,1-3,6-7,9H2. The Labute approximate surface area is 111 Å². The zero-order valence-corrected chi connectivity index (χ0v) is 10.8. The molecule has 0 amide bonds. The SMILES string of the molecule is O=c1c(CN2CCCCC2)coc2cc(O)ccc12. The molecule has 0 aliphatic carbocycles. The molecule has 1 aromatic heterocycles. The van der Waals surface area contributed by atoms with E-state index >= 15 is 0 Å². The minimum Gasteiger partial charge on any atom is -0.508 e. The Morgan fingerprint density at radius 2 is 2.00 bits per heavy atom. The summed E-state index contributed by atoms with van der Waals surface area (Å²) in [6, 6.07) is 4.61. The molecule has 2 aromatic rings. The third-order valence-corrected chi connectivity index (χ3v) is 3.67. The van der Waals surface area contributed by atoms with Crippen LogP contribution in [0.4, 0.5) is 0 Å². The number of aromatic hydroxyl groups is 1. The number of fused-ring (bicyclic) bond motifs is 1. The highest BCUT2D eigenvalue weighted by molar-refractivity contribution is 5.78. The number of phenols is 1. The maximum atomic E-state index is 12.3. The summed E-state index contributed by atoms with van der Waals surface area (Å²) in [7, 11) is 0. The molecular formula is C15H17NO3. The van der Waals surface area contributed by atoms with Gasteiger partial charge in [-0.1, -0.05) is 6.42 Å². The van der Waals surface area contributed by atoms with Crippen LogP contribution in [0.2, 0.25) is 0 Å². The highest BCUT2D eigenvalue weighted by atomic mass is 16.3. The fourth-order valence-corrected chi connectivity index (χ4v) is 2.62. The zero-order chi connectivity index (χ0) is 13.2. The Morgan fingerprint density at radius 1 is 1.21 bits per heavy atom. The van der Waals surface area contributed by atoms with E-state index < -0.39 is 0 Å². The Balaban J connectivity index is 1.93. The highest BCUT2D eigenvalue weighted by Crippen LogP contribution is 2.19. The first-order valence-corrected chi connectivity index (χ1v) is 6.70. The van der Waals surface area contributed by atoms with Crippen LogP contribution < -0.4 is 5.43 Å². The topological polar surface area (TPSA) is 53.7 Å². The first-order valence-electron chi connectivity index (χ1n) is 6.70. The van der Waals surface area contributed by atoms with Gasteiger partial charge in [-0.25, -0.2) is 0 Å². The lowest BCUT2D eigenvalue weighted by Crippen LogP contribution is -2.31. The number of hydrogen-bond donors (Lipinski definition) is 1. The number of hydrogen-bond acceptors (Lipinski definition) is 4. The van der Waals surface area contributed by atoms with Gasteiger partial charge in [-0.05, 0) is 38.1 Å². The van der Waals surface area contributed by atoms with Crippen LogP contribution in [-0.2, 0) is 6.54 Å². The van der Waals surface area contributed by atoms with Gasteiger partial charge in [-0.15, -0.1) is 0 Å². The van der Waals surface area contributed by atoms with Gasteiger partial charge in [0.25, 0.3) is 0 Å². The molecule has 0 spiro atoms. The first-order chi connectivity index (χ1) is 9.24. The quantitative estimate of drug-likeness (QED) is 0.900. The van der Waals surface area contributed by atoms with E-state index in [0.29, 0.717) is 23.1 Å². The van der Waals surface area contributed by atoms with Crippen molar-refractivity contribution >= 4 is 11.0 Å². The predicted octanol–water partition coefficient (Wildman–Crippen LogP) is 2.48. The van der Waals surface area contributed by atoms with Crippen molar-refractivity contribution in [3.05, 3.63) is 40.2 Å². The van der Waals surface area contributed by atoms with Crippen LogP contribution in [0.5, 0.6) is 5.75 Å². The molecule has 1 aliphatic rings. The molecule has 1 fully saturated rings. The van der Waals surface area contributed by atoms with Gasteiger partial charge in [0.15, 0.2) is 5.43 Å². The second-order valence-electron chi connectivity index (χ2n) is 5.11. The van der Waals surface area contributed by atoms with E-state index in [9.17, 15) is 9.90 Å². The van der Waals surface area contributed by atoms with Crippen molar-refractivity contribution in [3.8, 4) is 5.75 Å². The molecule has 0 bridgehead atoms. The van der Waals surface area contributed by atoms with Crippen LogP contribution in [0.1, 0.15) is 24.8 Å². The van der Waals surface area contributed by atoms with Gasteiger partial charge in [0, 0.05) is 18.2 Å². The van der Waals surface area contributed by atoms with E-state index in [1.807, 2.05) is 0 Å².